The highest BCUT2D eigenvalue weighted by molar-refractivity contribution is 5.83. The molecule has 0 radical (unpaired) electrons. The number of hydrogen-bond donors (Lipinski definition) is 3. The van der Waals surface area contributed by atoms with Crippen LogP contribution in [-0.2, 0) is 6.54 Å². The van der Waals surface area contributed by atoms with Crippen LogP contribution in [-0.4, -0.2) is 26.8 Å². The number of aromatic amines is 1. The zero-order chi connectivity index (χ0) is 15.4. The Morgan fingerprint density at radius 3 is 2.91 bits per heavy atom. The largest absolute Gasteiger partial charge is 0.507 e. The Morgan fingerprint density at radius 2 is 2.09 bits per heavy atom. The summed E-state index contributed by atoms with van der Waals surface area (Å²) in [4.78, 5) is 3.15. The molecule has 0 amide bonds. The maximum atomic E-state index is 9.97. The van der Waals surface area contributed by atoms with Crippen molar-refractivity contribution in [2.24, 2.45) is 0 Å². The molecule has 114 valence electrons. The first kappa shape index (κ1) is 14.5. The average molecular weight is 296 g/mol. The number of nitrogens with one attached hydrogen (secondary N) is 2. The van der Waals surface area contributed by atoms with Gasteiger partial charge in [0.2, 0.25) is 0 Å². The Balaban J connectivity index is 1.90. The lowest BCUT2D eigenvalue weighted by molar-refractivity contribution is 0.477. The molecule has 3 aromatic rings. The number of rotatable bonds is 6. The summed E-state index contributed by atoms with van der Waals surface area (Å²) < 4.78 is 0. The van der Waals surface area contributed by atoms with Crippen LogP contribution in [0.1, 0.15) is 25.3 Å². The highest BCUT2D eigenvalue weighted by atomic mass is 16.3. The van der Waals surface area contributed by atoms with E-state index in [-0.39, 0.29) is 5.75 Å². The van der Waals surface area contributed by atoms with Gasteiger partial charge in [-0.15, -0.1) is 10.2 Å². The number of aromatic nitrogens is 3. The molecule has 2 aromatic heterocycles. The number of benzene rings is 1. The SMILES string of the molecule is CCCCNCc1c[nH]c2nnc(-c3ccccc3O)cc12. The molecule has 1 aromatic carbocycles. The minimum Gasteiger partial charge on any atom is -0.507 e. The van der Waals surface area contributed by atoms with E-state index in [9.17, 15) is 5.11 Å². The van der Waals surface area contributed by atoms with Crippen LogP contribution in [0.15, 0.2) is 36.5 Å². The molecule has 0 fully saturated rings. The van der Waals surface area contributed by atoms with Gasteiger partial charge >= 0.3 is 0 Å². The van der Waals surface area contributed by atoms with Crippen molar-refractivity contribution in [3.63, 3.8) is 0 Å². The lowest BCUT2D eigenvalue weighted by atomic mass is 10.1. The molecule has 0 atom stereocenters. The molecule has 0 bridgehead atoms. The third-order valence-electron chi connectivity index (χ3n) is 3.73. The standard InChI is InChI=1S/C17H20N4O/c1-2-3-8-18-10-12-11-19-17-14(12)9-15(20-21-17)13-6-4-5-7-16(13)22/h4-7,9,11,18,22H,2-3,8,10H2,1H3,(H,19,21). The van der Waals surface area contributed by atoms with Gasteiger partial charge < -0.3 is 15.4 Å². The molecule has 0 saturated heterocycles. The summed E-state index contributed by atoms with van der Waals surface area (Å²) in [5.41, 5.74) is 3.31. The number of phenolic OH excluding ortho intramolecular Hbond substituents is 1. The quantitative estimate of drug-likeness (QED) is 0.611. The molecule has 22 heavy (non-hydrogen) atoms. The van der Waals surface area contributed by atoms with Crippen LogP contribution in [0.3, 0.4) is 0 Å². The van der Waals surface area contributed by atoms with Crippen LogP contribution in [0.4, 0.5) is 0 Å². The lowest BCUT2D eigenvalue weighted by Crippen LogP contribution is -2.14. The molecule has 3 rings (SSSR count). The summed E-state index contributed by atoms with van der Waals surface area (Å²) in [6, 6.07) is 9.16. The topological polar surface area (TPSA) is 73.8 Å². The predicted octanol–water partition coefficient (Wildman–Crippen LogP) is 3.22. The van der Waals surface area contributed by atoms with E-state index in [0.717, 1.165) is 29.7 Å². The summed E-state index contributed by atoms with van der Waals surface area (Å²) >= 11 is 0. The molecular formula is C17H20N4O. The Labute approximate surface area is 129 Å². The maximum absolute atomic E-state index is 9.97. The van der Waals surface area contributed by atoms with Crippen LogP contribution in [0.25, 0.3) is 22.3 Å². The van der Waals surface area contributed by atoms with E-state index < -0.39 is 0 Å². The van der Waals surface area contributed by atoms with Crippen LogP contribution in [0.2, 0.25) is 0 Å². The Kier molecular flexibility index (Phi) is 4.34. The third kappa shape index (κ3) is 2.94. The van der Waals surface area contributed by atoms with Gasteiger partial charge in [0, 0.05) is 23.7 Å². The number of nitrogens with zero attached hydrogens (tertiary/aromatic N) is 2. The molecule has 0 unspecified atom stereocenters. The molecule has 5 nitrogen and oxygen atoms in total. The van der Waals surface area contributed by atoms with E-state index in [1.165, 1.54) is 12.8 Å². The van der Waals surface area contributed by atoms with Gasteiger partial charge in [-0.05, 0) is 36.7 Å². The Bertz CT molecular complexity index is 766. The fraction of sp³-hybridized carbons (Fsp3) is 0.294. The minimum absolute atomic E-state index is 0.217. The molecule has 0 aliphatic carbocycles. The first-order chi connectivity index (χ1) is 10.8. The first-order valence-electron chi connectivity index (χ1n) is 7.62. The average Bonchev–Trinajstić information content (AvgIpc) is 2.94. The summed E-state index contributed by atoms with van der Waals surface area (Å²) in [6.45, 7) is 3.99. The van der Waals surface area contributed by atoms with E-state index in [1.54, 1.807) is 12.1 Å². The Morgan fingerprint density at radius 1 is 1.23 bits per heavy atom. The smallest absolute Gasteiger partial charge is 0.160 e. The van der Waals surface area contributed by atoms with Gasteiger partial charge in [0.1, 0.15) is 5.75 Å². The second kappa shape index (κ2) is 6.58. The van der Waals surface area contributed by atoms with Gasteiger partial charge in [-0.1, -0.05) is 25.5 Å². The number of hydrogen-bond acceptors (Lipinski definition) is 4. The van der Waals surface area contributed by atoms with Crippen molar-refractivity contribution >= 4 is 11.0 Å². The second-order valence-electron chi connectivity index (χ2n) is 5.35. The highest BCUT2D eigenvalue weighted by Gasteiger charge is 2.10. The summed E-state index contributed by atoms with van der Waals surface area (Å²) in [6.07, 6.45) is 4.32. The van der Waals surface area contributed by atoms with Gasteiger partial charge in [-0.2, -0.15) is 0 Å². The maximum Gasteiger partial charge on any atom is 0.160 e. The van der Waals surface area contributed by atoms with E-state index >= 15 is 0 Å². The monoisotopic (exact) mass is 296 g/mol. The number of fused-ring (bicyclic) bond motifs is 1. The number of para-hydroxylation sites is 1. The molecule has 3 N–H and O–H groups in total. The van der Waals surface area contributed by atoms with Crippen molar-refractivity contribution in [3.8, 4) is 17.0 Å². The number of phenols is 1. The minimum atomic E-state index is 0.217. The van der Waals surface area contributed by atoms with E-state index in [2.05, 4.69) is 27.4 Å². The molecule has 2 heterocycles. The lowest BCUT2D eigenvalue weighted by Gasteiger charge is -2.05. The number of H-pyrrole nitrogens is 1. The van der Waals surface area contributed by atoms with Gasteiger partial charge in [0.05, 0.1) is 5.69 Å². The van der Waals surface area contributed by atoms with Crippen LogP contribution >= 0.6 is 0 Å². The predicted molar refractivity (Wildman–Crippen MR) is 87.6 cm³/mol. The van der Waals surface area contributed by atoms with Crippen molar-refractivity contribution in [2.45, 2.75) is 26.3 Å². The number of unbranched alkanes of at least 4 members (excludes halogenated alkanes) is 1. The molecule has 0 spiro atoms. The van der Waals surface area contributed by atoms with Gasteiger partial charge in [-0.3, -0.25) is 0 Å². The van der Waals surface area contributed by atoms with Crippen LogP contribution < -0.4 is 5.32 Å². The van der Waals surface area contributed by atoms with Crippen LogP contribution in [0, 0.1) is 0 Å². The first-order valence-corrected chi connectivity index (χ1v) is 7.62. The zero-order valence-corrected chi connectivity index (χ0v) is 12.6. The normalized spacial score (nSPS) is 11.1. The van der Waals surface area contributed by atoms with E-state index in [1.807, 2.05) is 24.4 Å². The van der Waals surface area contributed by atoms with Crippen molar-refractivity contribution < 1.29 is 5.11 Å². The zero-order valence-electron chi connectivity index (χ0n) is 12.6. The molecule has 0 saturated carbocycles. The highest BCUT2D eigenvalue weighted by Crippen LogP contribution is 2.29. The Hall–Kier alpha value is -2.40. The van der Waals surface area contributed by atoms with Gasteiger partial charge in [0.25, 0.3) is 0 Å². The van der Waals surface area contributed by atoms with E-state index in [0.29, 0.717) is 11.3 Å². The van der Waals surface area contributed by atoms with Gasteiger partial charge in [-0.25, -0.2) is 0 Å². The second-order valence-corrected chi connectivity index (χ2v) is 5.35. The fourth-order valence-corrected chi connectivity index (χ4v) is 2.47. The number of aromatic hydroxyl groups is 1. The third-order valence-corrected chi connectivity index (χ3v) is 3.73. The molecular weight excluding hydrogens is 276 g/mol. The summed E-state index contributed by atoms with van der Waals surface area (Å²) in [5.74, 6) is 0.217. The molecule has 5 heteroatoms. The van der Waals surface area contributed by atoms with Crippen LogP contribution in [0.5, 0.6) is 5.75 Å². The van der Waals surface area contributed by atoms with Crippen molar-refractivity contribution in [2.75, 3.05) is 6.54 Å². The van der Waals surface area contributed by atoms with Crippen molar-refractivity contribution in [1.29, 1.82) is 0 Å². The van der Waals surface area contributed by atoms with Crippen molar-refractivity contribution in [3.05, 3.63) is 42.1 Å². The fourth-order valence-electron chi connectivity index (χ4n) is 2.47. The molecule has 0 aliphatic heterocycles. The summed E-state index contributed by atoms with van der Waals surface area (Å²) in [5, 5.41) is 22.9. The van der Waals surface area contributed by atoms with E-state index in [4.69, 9.17) is 0 Å². The van der Waals surface area contributed by atoms with Gasteiger partial charge in [0.15, 0.2) is 5.65 Å². The summed E-state index contributed by atoms with van der Waals surface area (Å²) in [7, 11) is 0. The van der Waals surface area contributed by atoms with Crippen molar-refractivity contribution in [1.82, 2.24) is 20.5 Å². The molecule has 0 aliphatic rings.